The molecule has 12 heteroatoms. The van der Waals surface area contributed by atoms with Crippen LogP contribution in [0.25, 0.3) is 0 Å². The molecule has 0 bridgehead atoms. The number of cyclic esters (lactones) is 1. The van der Waals surface area contributed by atoms with Crippen LogP contribution in [-0.4, -0.2) is 80.6 Å². The molecule has 40 heavy (non-hydrogen) atoms. The molecular weight excluding hydrogens is 587 g/mol. The number of rotatable bonds is 8. The predicted molar refractivity (Wildman–Crippen MR) is 152 cm³/mol. The van der Waals surface area contributed by atoms with Gasteiger partial charge in [-0.3, -0.25) is 9.69 Å². The molecule has 2 aliphatic heterocycles. The van der Waals surface area contributed by atoms with Gasteiger partial charge in [0.05, 0.1) is 24.5 Å². The SMILES string of the molecule is CC(C)(C)OC(=O)NC[C@H]1CN(c2ccc(N3CCN(C(=O)COc4ccc(CBr)cc4)CC3)c(F)c2)C(=O)O1. The Bertz CT molecular complexity index is 1210. The first-order valence-corrected chi connectivity index (χ1v) is 14.2. The molecule has 1 atom stereocenters. The fourth-order valence-electron chi connectivity index (χ4n) is 4.38. The van der Waals surface area contributed by atoms with Gasteiger partial charge in [0.2, 0.25) is 0 Å². The van der Waals surface area contributed by atoms with Crippen molar-refractivity contribution in [2.45, 2.75) is 37.8 Å². The normalized spacial score (nSPS) is 17.5. The van der Waals surface area contributed by atoms with Crippen LogP contribution in [0.15, 0.2) is 42.5 Å². The van der Waals surface area contributed by atoms with Crippen LogP contribution in [0.3, 0.4) is 0 Å². The van der Waals surface area contributed by atoms with Crippen LogP contribution in [0.1, 0.15) is 26.3 Å². The van der Waals surface area contributed by atoms with Crippen molar-refractivity contribution in [3.63, 3.8) is 0 Å². The lowest BCUT2D eigenvalue weighted by Crippen LogP contribution is -2.50. The Hall–Kier alpha value is -3.54. The van der Waals surface area contributed by atoms with Crippen molar-refractivity contribution < 1.29 is 33.0 Å². The number of nitrogens with one attached hydrogen (secondary N) is 1. The van der Waals surface area contributed by atoms with E-state index in [0.717, 1.165) is 10.9 Å². The second-order valence-electron chi connectivity index (χ2n) is 10.6. The molecule has 4 rings (SSSR count). The Labute approximate surface area is 241 Å². The van der Waals surface area contributed by atoms with E-state index >= 15 is 4.39 Å². The minimum Gasteiger partial charge on any atom is -0.484 e. The summed E-state index contributed by atoms with van der Waals surface area (Å²) in [5, 5.41) is 3.34. The van der Waals surface area contributed by atoms with E-state index in [1.165, 1.54) is 11.0 Å². The lowest BCUT2D eigenvalue weighted by molar-refractivity contribution is -0.133. The average Bonchev–Trinajstić information content (AvgIpc) is 3.30. The van der Waals surface area contributed by atoms with E-state index < -0.39 is 29.7 Å². The Balaban J connectivity index is 1.26. The van der Waals surface area contributed by atoms with Gasteiger partial charge in [0.1, 0.15) is 23.3 Å². The van der Waals surface area contributed by atoms with E-state index in [2.05, 4.69) is 21.2 Å². The largest absolute Gasteiger partial charge is 0.484 e. The first-order valence-electron chi connectivity index (χ1n) is 13.1. The number of anilines is 2. The maximum atomic E-state index is 15.1. The van der Waals surface area contributed by atoms with Gasteiger partial charge in [0.25, 0.3) is 5.91 Å². The third kappa shape index (κ3) is 7.77. The van der Waals surface area contributed by atoms with E-state index in [1.807, 2.05) is 29.2 Å². The van der Waals surface area contributed by atoms with Crippen LogP contribution < -0.4 is 19.9 Å². The number of hydrogen-bond acceptors (Lipinski definition) is 7. The number of hydrogen-bond donors (Lipinski definition) is 1. The summed E-state index contributed by atoms with van der Waals surface area (Å²) in [7, 11) is 0. The van der Waals surface area contributed by atoms with Crippen LogP contribution in [0.5, 0.6) is 5.75 Å². The summed E-state index contributed by atoms with van der Waals surface area (Å²) >= 11 is 3.40. The fourth-order valence-corrected chi connectivity index (χ4v) is 4.75. The number of piperazine rings is 1. The summed E-state index contributed by atoms with van der Waals surface area (Å²) in [4.78, 5) is 41.8. The monoisotopic (exact) mass is 620 g/mol. The van der Waals surface area contributed by atoms with Crippen LogP contribution in [-0.2, 0) is 19.6 Å². The maximum absolute atomic E-state index is 15.1. The van der Waals surface area contributed by atoms with Crippen molar-refractivity contribution in [2.75, 3.05) is 55.7 Å². The minimum atomic E-state index is -0.640. The highest BCUT2D eigenvalue weighted by Gasteiger charge is 2.33. The molecule has 0 aliphatic carbocycles. The van der Waals surface area contributed by atoms with Crippen molar-refractivity contribution in [3.05, 3.63) is 53.8 Å². The molecule has 2 aromatic rings. The maximum Gasteiger partial charge on any atom is 0.414 e. The van der Waals surface area contributed by atoms with E-state index in [1.54, 1.807) is 37.8 Å². The molecule has 0 saturated carbocycles. The van der Waals surface area contributed by atoms with Crippen molar-refractivity contribution >= 4 is 45.4 Å². The van der Waals surface area contributed by atoms with Gasteiger partial charge in [0.15, 0.2) is 6.61 Å². The van der Waals surface area contributed by atoms with Gasteiger partial charge in [-0.1, -0.05) is 28.1 Å². The molecule has 10 nitrogen and oxygen atoms in total. The number of nitrogens with zero attached hydrogens (tertiary/aromatic N) is 3. The molecule has 2 aromatic carbocycles. The van der Waals surface area contributed by atoms with Crippen LogP contribution >= 0.6 is 15.9 Å². The second-order valence-corrected chi connectivity index (χ2v) is 11.1. The number of carbonyl (C=O) groups excluding carboxylic acids is 3. The highest BCUT2D eigenvalue weighted by molar-refractivity contribution is 9.08. The highest BCUT2D eigenvalue weighted by Crippen LogP contribution is 2.28. The second kappa shape index (κ2) is 12.8. The standard InChI is InChI=1S/C28H34BrFN4O6/c1-28(2,3)40-26(36)31-16-22-17-34(27(37)39-22)20-6-9-24(23(30)14-20)32-10-12-33(13-11-32)25(35)18-38-21-7-4-19(15-29)5-8-21/h4-9,14,22H,10-13,15-18H2,1-3H3,(H,31,36)/t22-/m0/s1. The lowest BCUT2D eigenvalue weighted by Gasteiger charge is -2.36. The molecule has 0 radical (unpaired) electrons. The summed E-state index contributed by atoms with van der Waals surface area (Å²) in [6, 6.07) is 12.1. The zero-order valence-corrected chi connectivity index (χ0v) is 24.4. The smallest absolute Gasteiger partial charge is 0.414 e. The summed E-state index contributed by atoms with van der Waals surface area (Å²) in [6.07, 6.45) is -1.81. The third-order valence-electron chi connectivity index (χ3n) is 6.40. The summed E-state index contributed by atoms with van der Waals surface area (Å²) in [5.74, 6) is 0.0327. The zero-order chi connectivity index (χ0) is 28.9. The van der Waals surface area contributed by atoms with Crippen molar-refractivity contribution in [2.24, 2.45) is 0 Å². The molecule has 2 saturated heterocycles. The van der Waals surface area contributed by atoms with Crippen molar-refractivity contribution in [1.82, 2.24) is 10.2 Å². The molecular formula is C28H34BrFN4O6. The van der Waals surface area contributed by atoms with Gasteiger partial charge < -0.3 is 29.3 Å². The molecule has 2 heterocycles. The minimum absolute atomic E-state index is 0.0586. The average molecular weight is 622 g/mol. The summed E-state index contributed by atoms with van der Waals surface area (Å²) in [5.41, 5.74) is 1.24. The van der Waals surface area contributed by atoms with Crippen LogP contribution in [0.4, 0.5) is 25.4 Å². The Morgan fingerprint density at radius 3 is 2.42 bits per heavy atom. The molecule has 0 unspecified atom stereocenters. The fraction of sp³-hybridized carbons (Fsp3) is 0.464. The summed E-state index contributed by atoms with van der Waals surface area (Å²) < 4.78 is 31.3. The van der Waals surface area contributed by atoms with Crippen LogP contribution in [0, 0.1) is 5.82 Å². The molecule has 2 fully saturated rings. The molecule has 3 amide bonds. The number of alkyl halides is 1. The van der Waals surface area contributed by atoms with E-state index in [0.29, 0.717) is 43.3 Å². The van der Waals surface area contributed by atoms with Crippen molar-refractivity contribution in [3.8, 4) is 5.75 Å². The third-order valence-corrected chi connectivity index (χ3v) is 7.05. The first kappa shape index (κ1) is 29.4. The number of ether oxygens (including phenoxy) is 3. The van der Waals surface area contributed by atoms with E-state index in [9.17, 15) is 14.4 Å². The Morgan fingerprint density at radius 1 is 1.10 bits per heavy atom. The van der Waals surface area contributed by atoms with Gasteiger partial charge in [0, 0.05) is 31.5 Å². The molecule has 0 aromatic heterocycles. The lowest BCUT2D eigenvalue weighted by atomic mass is 10.2. The number of benzene rings is 2. The number of alkyl carbamates (subject to hydrolysis) is 1. The molecule has 2 aliphatic rings. The summed E-state index contributed by atoms with van der Waals surface area (Å²) in [6.45, 7) is 7.26. The molecule has 216 valence electrons. The van der Waals surface area contributed by atoms with E-state index in [-0.39, 0.29) is 25.6 Å². The Kier molecular flexibility index (Phi) is 9.39. The first-order chi connectivity index (χ1) is 19.0. The molecule has 1 N–H and O–H groups in total. The van der Waals surface area contributed by atoms with Crippen LogP contribution in [0.2, 0.25) is 0 Å². The number of carbonyl (C=O) groups is 3. The van der Waals surface area contributed by atoms with Gasteiger partial charge in [-0.15, -0.1) is 0 Å². The van der Waals surface area contributed by atoms with Crippen molar-refractivity contribution in [1.29, 1.82) is 0 Å². The topological polar surface area (TPSA) is 101 Å². The highest BCUT2D eigenvalue weighted by atomic mass is 79.9. The number of halogens is 2. The van der Waals surface area contributed by atoms with Gasteiger partial charge in [-0.25, -0.2) is 14.0 Å². The zero-order valence-electron chi connectivity index (χ0n) is 22.8. The predicted octanol–water partition coefficient (Wildman–Crippen LogP) is 4.30. The van der Waals surface area contributed by atoms with Gasteiger partial charge in [-0.2, -0.15) is 0 Å². The Morgan fingerprint density at radius 2 is 1.80 bits per heavy atom. The quantitative estimate of drug-likeness (QED) is 0.439. The number of amides is 3. The van der Waals surface area contributed by atoms with E-state index in [4.69, 9.17) is 14.2 Å². The van der Waals surface area contributed by atoms with Gasteiger partial charge >= 0.3 is 12.2 Å². The van der Waals surface area contributed by atoms with Gasteiger partial charge in [-0.05, 0) is 56.7 Å². The molecule has 0 spiro atoms.